The number of ether oxygens (including phenoxy) is 1. The number of nitrogens with zero attached hydrogens (tertiary/aromatic N) is 3. The molecule has 7 heteroatoms. The van der Waals surface area contributed by atoms with Crippen molar-refractivity contribution in [1.82, 2.24) is 14.4 Å². The van der Waals surface area contributed by atoms with Crippen molar-refractivity contribution in [2.45, 2.75) is 32.3 Å². The van der Waals surface area contributed by atoms with Crippen LogP contribution < -0.4 is 5.56 Å². The van der Waals surface area contributed by atoms with Gasteiger partial charge >= 0.3 is 5.97 Å². The average molecular weight is 391 g/mol. The molecule has 0 saturated carbocycles. The lowest BCUT2D eigenvalue weighted by atomic mass is 10.0. The van der Waals surface area contributed by atoms with Crippen molar-refractivity contribution in [2.75, 3.05) is 0 Å². The van der Waals surface area contributed by atoms with Gasteiger partial charge in [-0.2, -0.15) is 0 Å². The quantitative estimate of drug-likeness (QED) is 0.500. The second-order valence-corrected chi connectivity index (χ2v) is 7.91. The third-order valence-corrected chi connectivity index (χ3v) is 6.12. The van der Waals surface area contributed by atoms with E-state index in [9.17, 15) is 9.59 Å². The summed E-state index contributed by atoms with van der Waals surface area (Å²) in [6.45, 7) is -0.0539. The van der Waals surface area contributed by atoms with E-state index in [0.29, 0.717) is 10.7 Å². The third kappa shape index (κ3) is 2.97. The molecule has 0 aliphatic heterocycles. The van der Waals surface area contributed by atoms with E-state index >= 15 is 0 Å². The van der Waals surface area contributed by atoms with Crippen LogP contribution in [0.4, 0.5) is 0 Å². The van der Waals surface area contributed by atoms with Crippen molar-refractivity contribution >= 4 is 33.2 Å². The summed E-state index contributed by atoms with van der Waals surface area (Å²) < 4.78 is 7.07. The molecule has 1 aromatic carbocycles. The molecule has 3 aromatic heterocycles. The van der Waals surface area contributed by atoms with Crippen LogP contribution in [-0.2, 0) is 24.2 Å². The second kappa shape index (κ2) is 6.83. The molecular formula is C21H17N3O3S. The predicted molar refractivity (Wildman–Crippen MR) is 107 cm³/mol. The van der Waals surface area contributed by atoms with E-state index in [1.807, 2.05) is 30.3 Å². The molecule has 0 N–H and O–H groups in total. The van der Waals surface area contributed by atoms with E-state index in [4.69, 9.17) is 4.74 Å². The van der Waals surface area contributed by atoms with Crippen molar-refractivity contribution in [1.29, 1.82) is 0 Å². The SMILES string of the molecule is O=C(OCc1cc(=O)n2c3c(sc2n1)CCCC3)c1ccc2ccccc2n1. The molecule has 0 amide bonds. The van der Waals surface area contributed by atoms with Crippen molar-refractivity contribution in [3.63, 3.8) is 0 Å². The first-order chi connectivity index (χ1) is 13.7. The van der Waals surface area contributed by atoms with E-state index in [2.05, 4.69) is 9.97 Å². The molecule has 0 unspecified atom stereocenters. The van der Waals surface area contributed by atoms with E-state index in [1.54, 1.807) is 21.8 Å². The number of aryl methyl sites for hydroxylation is 2. The van der Waals surface area contributed by atoms with Gasteiger partial charge in [-0.1, -0.05) is 24.3 Å². The maximum atomic E-state index is 12.6. The van der Waals surface area contributed by atoms with Crippen LogP contribution in [0.1, 0.15) is 39.6 Å². The summed E-state index contributed by atoms with van der Waals surface area (Å²) in [5.74, 6) is -0.529. The first kappa shape index (κ1) is 17.1. The van der Waals surface area contributed by atoms with Crippen LogP contribution in [0.3, 0.4) is 0 Å². The Morgan fingerprint density at radius 2 is 1.96 bits per heavy atom. The Labute approximate surface area is 164 Å². The highest BCUT2D eigenvalue weighted by molar-refractivity contribution is 7.17. The molecule has 140 valence electrons. The first-order valence-corrected chi connectivity index (χ1v) is 10.1. The summed E-state index contributed by atoms with van der Waals surface area (Å²) in [6, 6.07) is 12.5. The highest BCUT2D eigenvalue weighted by Crippen LogP contribution is 2.28. The van der Waals surface area contributed by atoms with E-state index in [-0.39, 0.29) is 17.9 Å². The van der Waals surface area contributed by atoms with Gasteiger partial charge in [-0.25, -0.2) is 14.8 Å². The molecule has 28 heavy (non-hydrogen) atoms. The molecule has 0 atom stereocenters. The monoisotopic (exact) mass is 391 g/mol. The zero-order chi connectivity index (χ0) is 19.1. The number of benzene rings is 1. The molecule has 0 radical (unpaired) electrons. The summed E-state index contributed by atoms with van der Waals surface area (Å²) in [6.07, 6.45) is 4.17. The van der Waals surface area contributed by atoms with Gasteiger partial charge in [-0.3, -0.25) is 9.20 Å². The molecule has 0 bridgehead atoms. The lowest BCUT2D eigenvalue weighted by molar-refractivity contribution is 0.0461. The van der Waals surface area contributed by atoms with Crippen LogP contribution in [-0.4, -0.2) is 20.3 Å². The molecule has 0 fully saturated rings. The normalized spacial score (nSPS) is 13.6. The predicted octanol–water partition coefficient (Wildman–Crippen LogP) is 3.54. The zero-order valence-corrected chi connectivity index (χ0v) is 15.9. The van der Waals surface area contributed by atoms with Crippen LogP contribution in [0.2, 0.25) is 0 Å². The Morgan fingerprint density at radius 1 is 1.11 bits per heavy atom. The summed E-state index contributed by atoms with van der Waals surface area (Å²) >= 11 is 1.56. The van der Waals surface area contributed by atoms with E-state index < -0.39 is 5.97 Å². The smallest absolute Gasteiger partial charge is 0.357 e. The highest BCUT2D eigenvalue weighted by atomic mass is 32.1. The number of fused-ring (bicyclic) bond motifs is 4. The van der Waals surface area contributed by atoms with Crippen molar-refractivity contribution in [3.8, 4) is 0 Å². The number of hydrogen-bond donors (Lipinski definition) is 0. The van der Waals surface area contributed by atoms with Gasteiger partial charge in [0.15, 0.2) is 4.96 Å². The first-order valence-electron chi connectivity index (χ1n) is 9.25. The van der Waals surface area contributed by atoms with Gasteiger partial charge in [0, 0.05) is 22.0 Å². The van der Waals surface area contributed by atoms with E-state index in [0.717, 1.165) is 42.3 Å². The number of rotatable bonds is 3. The largest absolute Gasteiger partial charge is 0.454 e. The maximum absolute atomic E-state index is 12.6. The van der Waals surface area contributed by atoms with Gasteiger partial charge in [-0.15, -0.1) is 11.3 Å². The number of carbonyl (C=O) groups is 1. The minimum absolute atomic E-state index is 0.0539. The number of aromatic nitrogens is 3. The minimum atomic E-state index is -0.529. The molecule has 6 nitrogen and oxygen atoms in total. The summed E-state index contributed by atoms with van der Waals surface area (Å²) in [5.41, 5.74) is 2.41. The fraction of sp³-hybridized carbons (Fsp3) is 0.238. The number of para-hydroxylation sites is 1. The Hall–Kier alpha value is -3.06. The molecule has 1 aliphatic carbocycles. The number of pyridine rings is 1. The lowest BCUT2D eigenvalue weighted by Crippen LogP contribution is -2.18. The molecule has 0 saturated heterocycles. The van der Waals surface area contributed by atoms with Crippen LogP contribution in [0.25, 0.3) is 15.9 Å². The number of carbonyl (C=O) groups excluding carboxylic acids is 1. The molecule has 1 aliphatic rings. The van der Waals surface area contributed by atoms with E-state index in [1.165, 1.54) is 10.9 Å². The third-order valence-electron chi connectivity index (χ3n) is 4.97. The van der Waals surface area contributed by atoms with Crippen LogP contribution in [0, 0.1) is 0 Å². The Kier molecular flexibility index (Phi) is 4.16. The number of thiazole rings is 1. The average Bonchev–Trinajstić information content (AvgIpc) is 3.10. The summed E-state index contributed by atoms with van der Waals surface area (Å²) in [5, 5.41) is 0.959. The van der Waals surface area contributed by atoms with Gasteiger partial charge in [0.2, 0.25) is 0 Å². The molecule has 4 aromatic rings. The molecular weight excluding hydrogens is 374 g/mol. The molecule has 3 heterocycles. The Bertz CT molecular complexity index is 1280. The molecule has 0 spiro atoms. The highest BCUT2D eigenvalue weighted by Gasteiger charge is 2.19. The van der Waals surface area contributed by atoms with Gasteiger partial charge in [0.05, 0.1) is 11.2 Å². The topological polar surface area (TPSA) is 73.6 Å². The van der Waals surface area contributed by atoms with Gasteiger partial charge in [0.25, 0.3) is 5.56 Å². The standard InChI is InChI=1S/C21H17N3O3S/c25-19-11-14(22-21-24(19)17-7-3-4-8-18(17)28-21)12-27-20(26)16-10-9-13-5-1-2-6-15(13)23-16/h1-2,5-6,9-11H,3-4,7-8,12H2. The number of hydrogen-bond acceptors (Lipinski definition) is 6. The Balaban J connectivity index is 1.39. The fourth-order valence-corrected chi connectivity index (χ4v) is 4.84. The van der Waals surface area contributed by atoms with Crippen LogP contribution in [0.5, 0.6) is 0 Å². The lowest BCUT2D eigenvalue weighted by Gasteiger charge is -2.10. The summed E-state index contributed by atoms with van der Waals surface area (Å²) in [4.78, 5) is 35.7. The van der Waals surface area contributed by atoms with Gasteiger partial charge in [-0.05, 0) is 37.8 Å². The minimum Gasteiger partial charge on any atom is -0.454 e. The zero-order valence-electron chi connectivity index (χ0n) is 15.1. The van der Waals surface area contributed by atoms with Crippen molar-refractivity contribution < 1.29 is 9.53 Å². The fourth-order valence-electron chi connectivity index (χ4n) is 3.61. The summed E-state index contributed by atoms with van der Waals surface area (Å²) in [7, 11) is 0. The second-order valence-electron chi connectivity index (χ2n) is 6.85. The maximum Gasteiger partial charge on any atom is 0.357 e. The van der Waals surface area contributed by atoms with Gasteiger partial charge in [0.1, 0.15) is 12.3 Å². The van der Waals surface area contributed by atoms with Crippen LogP contribution in [0.15, 0.2) is 47.3 Å². The van der Waals surface area contributed by atoms with Crippen molar-refractivity contribution in [3.05, 3.63) is 74.8 Å². The van der Waals surface area contributed by atoms with Crippen LogP contribution >= 0.6 is 11.3 Å². The Morgan fingerprint density at radius 3 is 2.89 bits per heavy atom. The number of esters is 1. The molecule has 5 rings (SSSR count). The van der Waals surface area contributed by atoms with Crippen molar-refractivity contribution in [2.24, 2.45) is 0 Å². The van der Waals surface area contributed by atoms with Gasteiger partial charge < -0.3 is 4.74 Å².